The van der Waals surface area contributed by atoms with Crippen LogP contribution in [0.2, 0.25) is 0 Å². The highest BCUT2D eigenvalue weighted by atomic mass is 16.2. The largest absolute Gasteiger partial charge is 0.341 e. The van der Waals surface area contributed by atoms with Gasteiger partial charge in [0.1, 0.15) is 0 Å². The van der Waals surface area contributed by atoms with Crippen molar-refractivity contribution in [3.05, 3.63) is 29.6 Å². The molecule has 5 rings (SSSR count). The van der Waals surface area contributed by atoms with E-state index in [2.05, 4.69) is 20.1 Å². The van der Waals surface area contributed by atoms with Gasteiger partial charge in [-0.15, -0.1) is 0 Å². The normalized spacial score (nSPS) is 25.4. The Morgan fingerprint density at radius 1 is 1.14 bits per heavy atom. The van der Waals surface area contributed by atoms with Crippen molar-refractivity contribution >= 4 is 11.8 Å². The summed E-state index contributed by atoms with van der Waals surface area (Å²) in [7, 11) is 0. The van der Waals surface area contributed by atoms with E-state index in [9.17, 15) is 9.59 Å². The van der Waals surface area contributed by atoms with E-state index < -0.39 is 0 Å². The highest BCUT2D eigenvalue weighted by Gasteiger charge is 2.46. The van der Waals surface area contributed by atoms with E-state index in [1.165, 1.54) is 19.3 Å². The highest BCUT2D eigenvalue weighted by Crippen LogP contribution is 2.38. The topological polar surface area (TPSA) is 68.8 Å². The van der Waals surface area contributed by atoms with Gasteiger partial charge in [0.05, 0.1) is 23.3 Å². The summed E-state index contributed by atoms with van der Waals surface area (Å²) in [5.74, 6) is 0.232. The lowest BCUT2D eigenvalue weighted by Gasteiger charge is -2.43. The number of fused-ring (bicyclic) bond motifs is 2. The van der Waals surface area contributed by atoms with E-state index in [0.717, 1.165) is 63.8 Å². The van der Waals surface area contributed by atoms with Crippen molar-refractivity contribution in [1.82, 2.24) is 25.0 Å². The lowest BCUT2D eigenvalue weighted by atomic mass is 9.85. The van der Waals surface area contributed by atoms with Gasteiger partial charge in [-0.25, -0.2) is 0 Å². The van der Waals surface area contributed by atoms with Crippen molar-refractivity contribution in [3.8, 4) is 0 Å². The standard InChI is InChI=1S/C21H29N5O2/c27-18(26-13-11-25(12-14-26)16-3-1-4-16)15-24-9-6-21(7-10-24)19-17(20(28)23-21)5-2-8-22-19/h2,5,8,16H,1,3-4,6-7,9-15H2,(H,23,28). The molecule has 2 amide bonds. The smallest absolute Gasteiger partial charge is 0.253 e. The Labute approximate surface area is 166 Å². The first-order valence-corrected chi connectivity index (χ1v) is 10.7. The number of carbonyl (C=O) groups excluding carboxylic acids is 2. The van der Waals surface area contributed by atoms with Gasteiger partial charge in [-0.05, 0) is 37.8 Å². The Bertz CT molecular complexity index is 762. The predicted molar refractivity (Wildman–Crippen MR) is 105 cm³/mol. The summed E-state index contributed by atoms with van der Waals surface area (Å²) in [6.07, 6.45) is 7.41. The number of piperazine rings is 1. The number of piperidine rings is 1. The number of carbonyl (C=O) groups is 2. The number of aromatic nitrogens is 1. The molecule has 0 aromatic carbocycles. The Morgan fingerprint density at radius 3 is 2.57 bits per heavy atom. The molecule has 2 saturated heterocycles. The van der Waals surface area contributed by atoms with Crippen LogP contribution >= 0.6 is 0 Å². The van der Waals surface area contributed by atoms with Gasteiger partial charge in [-0.1, -0.05) is 6.42 Å². The van der Waals surface area contributed by atoms with Crippen LogP contribution in [0.25, 0.3) is 0 Å². The molecule has 1 spiro atoms. The number of nitrogens with zero attached hydrogens (tertiary/aromatic N) is 4. The Hall–Kier alpha value is -1.99. The number of nitrogens with one attached hydrogen (secondary N) is 1. The number of hydrogen-bond acceptors (Lipinski definition) is 5. The van der Waals surface area contributed by atoms with E-state index in [4.69, 9.17) is 0 Å². The second-order valence-electron chi connectivity index (χ2n) is 8.71. The van der Waals surface area contributed by atoms with Gasteiger partial charge >= 0.3 is 0 Å². The molecule has 150 valence electrons. The molecular formula is C21H29N5O2. The minimum atomic E-state index is -0.346. The maximum atomic E-state index is 12.8. The van der Waals surface area contributed by atoms with Crippen LogP contribution in [0.3, 0.4) is 0 Å². The lowest BCUT2D eigenvalue weighted by Crippen LogP contribution is -2.56. The molecule has 0 atom stereocenters. The molecule has 7 heteroatoms. The molecular weight excluding hydrogens is 354 g/mol. The zero-order chi connectivity index (χ0) is 19.1. The monoisotopic (exact) mass is 383 g/mol. The molecule has 3 fully saturated rings. The Balaban J connectivity index is 1.14. The first-order chi connectivity index (χ1) is 13.6. The van der Waals surface area contributed by atoms with Crippen molar-refractivity contribution in [2.45, 2.75) is 43.7 Å². The van der Waals surface area contributed by atoms with Gasteiger partial charge in [0.15, 0.2) is 0 Å². The van der Waals surface area contributed by atoms with Gasteiger partial charge in [0, 0.05) is 51.5 Å². The zero-order valence-corrected chi connectivity index (χ0v) is 16.4. The predicted octanol–water partition coefficient (Wildman–Crippen LogP) is 0.813. The molecule has 28 heavy (non-hydrogen) atoms. The molecule has 1 saturated carbocycles. The summed E-state index contributed by atoms with van der Waals surface area (Å²) >= 11 is 0. The van der Waals surface area contributed by atoms with Gasteiger partial charge in [0.25, 0.3) is 5.91 Å². The zero-order valence-electron chi connectivity index (χ0n) is 16.4. The molecule has 4 heterocycles. The molecule has 0 radical (unpaired) electrons. The fourth-order valence-corrected chi connectivity index (χ4v) is 5.15. The third-order valence-corrected chi connectivity index (χ3v) is 7.18. The number of rotatable bonds is 3. The number of pyridine rings is 1. The molecule has 4 aliphatic rings. The average Bonchev–Trinajstić information content (AvgIpc) is 2.95. The van der Waals surface area contributed by atoms with Crippen molar-refractivity contribution in [3.63, 3.8) is 0 Å². The molecule has 1 aromatic rings. The molecule has 0 bridgehead atoms. The SMILES string of the molecule is O=C1NC2(CCN(CC(=O)N3CCN(C4CCC4)CC3)CC2)c2ncccc21. The third-order valence-electron chi connectivity index (χ3n) is 7.18. The molecule has 0 unspecified atom stereocenters. The summed E-state index contributed by atoms with van der Waals surface area (Å²) < 4.78 is 0. The van der Waals surface area contributed by atoms with Crippen LogP contribution in [0.1, 0.15) is 48.2 Å². The minimum absolute atomic E-state index is 0.0167. The van der Waals surface area contributed by atoms with Crippen molar-refractivity contribution in [2.24, 2.45) is 0 Å². The van der Waals surface area contributed by atoms with Crippen molar-refractivity contribution in [1.29, 1.82) is 0 Å². The van der Waals surface area contributed by atoms with E-state index in [0.29, 0.717) is 12.1 Å². The summed E-state index contributed by atoms with van der Waals surface area (Å²) in [4.78, 5) is 36.4. The van der Waals surface area contributed by atoms with Crippen molar-refractivity contribution in [2.75, 3.05) is 45.8 Å². The second-order valence-corrected chi connectivity index (χ2v) is 8.71. The number of hydrogen-bond donors (Lipinski definition) is 1. The summed E-state index contributed by atoms with van der Waals surface area (Å²) in [6, 6.07) is 4.44. The fraction of sp³-hybridized carbons (Fsp3) is 0.667. The van der Waals surface area contributed by atoms with Crippen LogP contribution < -0.4 is 5.32 Å². The van der Waals surface area contributed by atoms with Gasteiger partial charge in [-0.2, -0.15) is 0 Å². The molecule has 1 aromatic heterocycles. The second kappa shape index (κ2) is 7.12. The quantitative estimate of drug-likeness (QED) is 0.837. The van der Waals surface area contributed by atoms with E-state index in [1.54, 1.807) is 6.20 Å². The average molecular weight is 383 g/mol. The summed E-state index contributed by atoms with van der Waals surface area (Å²) in [6.45, 7) is 5.87. The molecule has 7 nitrogen and oxygen atoms in total. The van der Waals surface area contributed by atoms with Crippen LogP contribution in [0.15, 0.2) is 18.3 Å². The lowest BCUT2D eigenvalue weighted by molar-refractivity contribution is -0.135. The van der Waals surface area contributed by atoms with Crippen LogP contribution in [0.5, 0.6) is 0 Å². The van der Waals surface area contributed by atoms with E-state index in [1.807, 2.05) is 17.0 Å². The number of amides is 2. The molecule has 1 aliphatic carbocycles. The van der Waals surface area contributed by atoms with Crippen LogP contribution in [0.4, 0.5) is 0 Å². The van der Waals surface area contributed by atoms with E-state index in [-0.39, 0.29) is 17.4 Å². The van der Waals surface area contributed by atoms with Crippen LogP contribution in [-0.4, -0.2) is 83.4 Å². The fourth-order valence-electron chi connectivity index (χ4n) is 5.15. The van der Waals surface area contributed by atoms with Gasteiger partial charge in [-0.3, -0.25) is 24.4 Å². The minimum Gasteiger partial charge on any atom is -0.341 e. The first-order valence-electron chi connectivity index (χ1n) is 10.7. The van der Waals surface area contributed by atoms with Crippen LogP contribution in [-0.2, 0) is 10.3 Å². The van der Waals surface area contributed by atoms with Gasteiger partial charge < -0.3 is 10.2 Å². The molecule has 3 aliphatic heterocycles. The highest BCUT2D eigenvalue weighted by molar-refractivity contribution is 5.99. The first kappa shape index (κ1) is 18.1. The maximum absolute atomic E-state index is 12.8. The third kappa shape index (κ3) is 3.10. The summed E-state index contributed by atoms with van der Waals surface area (Å²) in [5, 5.41) is 3.17. The maximum Gasteiger partial charge on any atom is 0.253 e. The molecule has 1 N–H and O–H groups in total. The Kier molecular flexibility index (Phi) is 4.59. The van der Waals surface area contributed by atoms with Gasteiger partial charge in [0.2, 0.25) is 5.91 Å². The number of likely N-dealkylation sites (tertiary alicyclic amines) is 1. The Morgan fingerprint density at radius 2 is 1.89 bits per heavy atom. The van der Waals surface area contributed by atoms with Crippen molar-refractivity contribution < 1.29 is 9.59 Å². The summed E-state index contributed by atoms with van der Waals surface area (Å²) in [5.41, 5.74) is 1.25. The van der Waals surface area contributed by atoms with E-state index >= 15 is 0 Å². The van der Waals surface area contributed by atoms with Crippen LogP contribution in [0, 0.1) is 0 Å².